The van der Waals surface area contributed by atoms with E-state index >= 15 is 0 Å². The highest BCUT2D eigenvalue weighted by Gasteiger charge is 2.40. The van der Waals surface area contributed by atoms with E-state index in [2.05, 4.69) is 4.98 Å². The Bertz CT molecular complexity index is 1120. The number of alkyl halides is 12. The van der Waals surface area contributed by atoms with Gasteiger partial charge in [0.05, 0.1) is 27.7 Å². The molecule has 0 N–H and O–H groups in total. The van der Waals surface area contributed by atoms with Crippen molar-refractivity contribution in [3.8, 4) is 0 Å². The Morgan fingerprint density at radius 3 is 1.14 bits per heavy atom. The van der Waals surface area contributed by atoms with Crippen LogP contribution in [0, 0.1) is 6.92 Å². The molecule has 0 fully saturated rings. The zero-order chi connectivity index (χ0) is 27.3. The van der Waals surface area contributed by atoms with Crippen LogP contribution in [-0.2, 0) is 24.7 Å². The number of aromatic nitrogens is 1. The van der Waals surface area contributed by atoms with Gasteiger partial charge in [-0.1, -0.05) is 6.07 Å². The van der Waals surface area contributed by atoms with Gasteiger partial charge in [0.1, 0.15) is 0 Å². The number of hydrogen-bond donors (Lipinski definition) is 0. The summed E-state index contributed by atoms with van der Waals surface area (Å²) in [4.78, 5) is 4.00. The highest BCUT2D eigenvalue weighted by atomic mass is 31.1. The molecule has 194 valence electrons. The van der Waals surface area contributed by atoms with Crippen molar-refractivity contribution in [2.75, 3.05) is 0 Å². The van der Waals surface area contributed by atoms with Crippen molar-refractivity contribution in [3.05, 3.63) is 82.5 Å². The fraction of sp³-hybridized carbons (Fsp3) is 0.227. The monoisotopic (exact) mass is 549 g/mol. The first-order valence-electron chi connectivity index (χ1n) is 9.59. The van der Waals surface area contributed by atoms with Crippen LogP contribution in [0.5, 0.6) is 0 Å². The van der Waals surface area contributed by atoms with E-state index in [4.69, 9.17) is 0 Å². The van der Waals surface area contributed by atoms with Gasteiger partial charge >= 0.3 is 24.7 Å². The Morgan fingerprint density at radius 2 is 0.861 bits per heavy atom. The van der Waals surface area contributed by atoms with Crippen LogP contribution in [0.3, 0.4) is 0 Å². The second kappa shape index (κ2) is 9.24. The minimum Gasteiger partial charge on any atom is -0.253 e. The number of pyridine rings is 1. The van der Waals surface area contributed by atoms with Crippen molar-refractivity contribution < 1.29 is 52.7 Å². The normalized spacial score (nSPS) is 13.4. The summed E-state index contributed by atoms with van der Waals surface area (Å²) in [7, 11) is -2.83. The minimum atomic E-state index is -5.29. The number of hydrogen-bond acceptors (Lipinski definition) is 1. The Labute approximate surface area is 196 Å². The van der Waals surface area contributed by atoms with E-state index in [0.717, 1.165) is 6.07 Å². The molecular formula is C22H12F12NP. The van der Waals surface area contributed by atoms with E-state index in [-0.39, 0.29) is 47.5 Å². The van der Waals surface area contributed by atoms with Gasteiger partial charge < -0.3 is 0 Å². The molecule has 1 aromatic heterocycles. The van der Waals surface area contributed by atoms with Crippen LogP contribution < -0.4 is 16.0 Å². The summed E-state index contributed by atoms with van der Waals surface area (Å²) in [6.07, 6.45) is -21.2. The quantitative estimate of drug-likeness (QED) is 0.248. The molecule has 0 aliphatic rings. The van der Waals surface area contributed by atoms with Crippen molar-refractivity contribution in [3.63, 3.8) is 0 Å². The number of rotatable bonds is 3. The van der Waals surface area contributed by atoms with E-state index in [0.29, 0.717) is 0 Å². The van der Waals surface area contributed by atoms with Crippen LogP contribution in [0.4, 0.5) is 52.7 Å². The molecule has 0 spiro atoms. The zero-order valence-corrected chi connectivity index (χ0v) is 18.5. The minimum absolute atomic E-state index is 0.186. The van der Waals surface area contributed by atoms with Crippen molar-refractivity contribution in [1.82, 2.24) is 4.98 Å². The standard InChI is InChI=1S/C22H12F12NP/c1-11-3-2-4-18(35-11)36(16-7-12(19(23,24)25)5-13(8-16)20(26,27)28)17-9-14(21(29,30)31)6-15(10-17)22(32,33)34/h2-10H,1H3. The number of benzene rings is 2. The summed E-state index contributed by atoms with van der Waals surface area (Å²) in [6.45, 7) is 1.39. The second-order valence-electron chi connectivity index (χ2n) is 7.50. The lowest BCUT2D eigenvalue weighted by Crippen LogP contribution is -2.27. The number of halogens is 12. The Balaban J connectivity index is 2.43. The molecule has 14 heteroatoms. The molecule has 0 radical (unpaired) electrons. The van der Waals surface area contributed by atoms with E-state index < -0.39 is 65.5 Å². The third-order valence-corrected chi connectivity index (χ3v) is 7.02. The molecule has 0 unspecified atom stereocenters. The Hall–Kier alpha value is -2.82. The molecule has 0 bridgehead atoms. The van der Waals surface area contributed by atoms with E-state index in [1.54, 1.807) is 0 Å². The highest BCUT2D eigenvalue weighted by Crippen LogP contribution is 2.42. The molecule has 3 rings (SSSR count). The molecular weight excluding hydrogens is 537 g/mol. The third kappa shape index (κ3) is 6.29. The summed E-state index contributed by atoms with van der Waals surface area (Å²) in [5.41, 5.74) is -7.17. The van der Waals surface area contributed by atoms with Gasteiger partial charge in [0, 0.05) is 13.6 Å². The summed E-state index contributed by atoms with van der Waals surface area (Å²) < 4.78 is 161. The molecule has 2 aromatic carbocycles. The molecule has 0 amide bonds. The number of nitrogens with zero attached hydrogens (tertiary/aromatic N) is 1. The van der Waals surface area contributed by atoms with Gasteiger partial charge in [0.2, 0.25) is 0 Å². The van der Waals surface area contributed by atoms with Crippen LogP contribution in [0.15, 0.2) is 54.6 Å². The van der Waals surface area contributed by atoms with Gasteiger partial charge in [-0.25, -0.2) is 0 Å². The third-order valence-electron chi connectivity index (χ3n) is 4.76. The first-order valence-corrected chi connectivity index (χ1v) is 10.9. The van der Waals surface area contributed by atoms with E-state index in [1.165, 1.54) is 19.1 Å². The van der Waals surface area contributed by atoms with Crippen molar-refractivity contribution in [2.24, 2.45) is 0 Å². The Kier molecular flexibility index (Phi) is 7.13. The van der Waals surface area contributed by atoms with Crippen molar-refractivity contribution >= 4 is 24.0 Å². The molecule has 3 aromatic rings. The topological polar surface area (TPSA) is 12.9 Å². The lowest BCUT2D eigenvalue weighted by Gasteiger charge is -2.23. The maximum Gasteiger partial charge on any atom is 0.416 e. The molecule has 0 aliphatic heterocycles. The van der Waals surface area contributed by atoms with Gasteiger partial charge in [-0.15, -0.1) is 0 Å². The smallest absolute Gasteiger partial charge is 0.253 e. The highest BCUT2D eigenvalue weighted by molar-refractivity contribution is 7.79. The van der Waals surface area contributed by atoms with Crippen LogP contribution in [0.25, 0.3) is 0 Å². The van der Waals surface area contributed by atoms with Crippen LogP contribution in [-0.4, -0.2) is 4.98 Å². The SMILES string of the molecule is Cc1cccc(P(c2cc(C(F)(F)F)cc(C(F)(F)F)c2)c2cc(C(F)(F)F)cc(C(F)(F)F)c2)n1. The molecule has 0 atom stereocenters. The largest absolute Gasteiger partial charge is 0.416 e. The summed E-state index contributed by atoms with van der Waals surface area (Å²) in [5.74, 6) is 0. The summed E-state index contributed by atoms with van der Waals surface area (Å²) in [5, 5.41) is -1.56. The fourth-order valence-corrected chi connectivity index (χ4v) is 5.59. The van der Waals surface area contributed by atoms with Crippen LogP contribution >= 0.6 is 7.92 Å². The predicted molar refractivity (Wildman–Crippen MR) is 108 cm³/mol. The lowest BCUT2D eigenvalue weighted by atomic mass is 10.1. The summed E-state index contributed by atoms with van der Waals surface area (Å²) >= 11 is 0. The first-order chi connectivity index (χ1) is 16.3. The zero-order valence-electron chi connectivity index (χ0n) is 17.6. The second-order valence-corrected chi connectivity index (χ2v) is 9.66. The molecule has 0 saturated carbocycles. The molecule has 0 aliphatic carbocycles. The lowest BCUT2D eigenvalue weighted by molar-refractivity contribution is -0.144. The molecule has 0 saturated heterocycles. The maximum absolute atomic E-state index is 13.4. The van der Waals surface area contributed by atoms with Crippen LogP contribution in [0.1, 0.15) is 27.9 Å². The van der Waals surface area contributed by atoms with Gasteiger partial charge in [-0.2, -0.15) is 52.7 Å². The maximum atomic E-state index is 13.4. The number of aryl methyl sites for hydroxylation is 1. The van der Waals surface area contributed by atoms with E-state index in [1.807, 2.05) is 0 Å². The van der Waals surface area contributed by atoms with Gasteiger partial charge in [-0.05, 0) is 66.1 Å². The van der Waals surface area contributed by atoms with Crippen molar-refractivity contribution in [1.29, 1.82) is 0 Å². The van der Waals surface area contributed by atoms with Gasteiger partial charge in [-0.3, -0.25) is 4.98 Å². The van der Waals surface area contributed by atoms with E-state index in [9.17, 15) is 52.7 Å². The summed E-state index contributed by atoms with van der Waals surface area (Å²) in [6, 6.07) is 4.51. The molecule has 1 heterocycles. The molecule has 36 heavy (non-hydrogen) atoms. The predicted octanol–water partition coefficient (Wildman–Crippen LogP) is 7.22. The fourth-order valence-electron chi connectivity index (χ4n) is 3.20. The van der Waals surface area contributed by atoms with Gasteiger partial charge in [0.15, 0.2) is 0 Å². The average molecular weight is 549 g/mol. The first kappa shape index (κ1) is 27.8. The Morgan fingerprint density at radius 1 is 0.528 bits per heavy atom. The van der Waals surface area contributed by atoms with Crippen LogP contribution in [0.2, 0.25) is 0 Å². The van der Waals surface area contributed by atoms with Crippen molar-refractivity contribution in [2.45, 2.75) is 31.6 Å². The average Bonchev–Trinajstić information content (AvgIpc) is 2.71. The van der Waals surface area contributed by atoms with Gasteiger partial charge in [0.25, 0.3) is 0 Å². The molecule has 1 nitrogen and oxygen atoms in total.